The summed E-state index contributed by atoms with van der Waals surface area (Å²) in [6, 6.07) is 12.4. The van der Waals surface area contributed by atoms with Crippen molar-refractivity contribution < 1.29 is 15.0 Å². The summed E-state index contributed by atoms with van der Waals surface area (Å²) in [4.78, 5) is 10.4. The van der Waals surface area contributed by atoms with Gasteiger partial charge in [-0.15, -0.1) is 0 Å². The van der Waals surface area contributed by atoms with E-state index in [0.717, 1.165) is 17.2 Å². The van der Waals surface area contributed by atoms with Crippen LogP contribution in [0.2, 0.25) is 10.0 Å². The van der Waals surface area contributed by atoms with Crippen LogP contribution in [0.1, 0.15) is 11.7 Å². The van der Waals surface area contributed by atoms with E-state index >= 15 is 0 Å². The van der Waals surface area contributed by atoms with Gasteiger partial charge in [0.25, 0.3) is 0 Å². The molecule has 0 saturated heterocycles. The van der Waals surface area contributed by atoms with Gasteiger partial charge in [-0.3, -0.25) is 0 Å². The van der Waals surface area contributed by atoms with E-state index in [2.05, 4.69) is 0 Å². The van der Waals surface area contributed by atoms with Crippen LogP contribution < -0.4 is 0 Å². The Morgan fingerprint density at radius 2 is 1.62 bits per heavy atom. The molecule has 2 N–H and O–H groups in total. The Kier molecular flexibility index (Phi) is 5.02. The Hall–Kier alpha value is -1.81. The quantitative estimate of drug-likeness (QED) is 0.823. The lowest BCUT2D eigenvalue weighted by Crippen LogP contribution is -1.95. The first-order chi connectivity index (χ1) is 9.97. The fourth-order valence-electron chi connectivity index (χ4n) is 1.83. The lowest BCUT2D eigenvalue weighted by Gasteiger charge is -2.08. The Balaban J connectivity index is 2.22. The van der Waals surface area contributed by atoms with Gasteiger partial charge in [0.15, 0.2) is 0 Å². The maximum Gasteiger partial charge on any atom is 0.328 e. The molecule has 2 aromatic carbocycles. The molecule has 0 fully saturated rings. The number of aliphatic hydroxyl groups is 1. The first-order valence-electron chi connectivity index (χ1n) is 6.12. The minimum atomic E-state index is -1.10. The van der Waals surface area contributed by atoms with Gasteiger partial charge in [0.2, 0.25) is 0 Å². The zero-order chi connectivity index (χ0) is 15.4. The van der Waals surface area contributed by atoms with Crippen molar-refractivity contribution >= 4 is 29.2 Å². The molecule has 0 saturated carbocycles. The van der Waals surface area contributed by atoms with E-state index in [-0.39, 0.29) is 0 Å². The molecule has 2 aromatic rings. The van der Waals surface area contributed by atoms with Crippen molar-refractivity contribution in [1.82, 2.24) is 0 Å². The summed E-state index contributed by atoms with van der Waals surface area (Å²) in [5.74, 6) is -1.10. The first kappa shape index (κ1) is 15.6. The second kappa shape index (κ2) is 6.76. The van der Waals surface area contributed by atoms with E-state index in [4.69, 9.17) is 28.3 Å². The molecule has 108 valence electrons. The molecular formula is C16H12Cl2O3. The fourth-order valence-corrected chi connectivity index (χ4v) is 2.13. The van der Waals surface area contributed by atoms with Crippen molar-refractivity contribution in [2.45, 2.75) is 6.10 Å². The average Bonchev–Trinajstić information content (AvgIpc) is 2.48. The van der Waals surface area contributed by atoms with Crippen molar-refractivity contribution in [2.24, 2.45) is 0 Å². The minimum Gasteiger partial charge on any atom is -0.478 e. The first-order valence-corrected chi connectivity index (χ1v) is 6.87. The van der Waals surface area contributed by atoms with E-state index in [1.54, 1.807) is 24.3 Å². The summed E-state index contributed by atoms with van der Waals surface area (Å²) in [6.07, 6.45) is 1.18. The van der Waals surface area contributed by atoms with Crippen LogP contribution in [-0.2, 0) is 4.79 Å². The van der Waals surface area contributed by atoms with Crippen LogP contribution in [-0.4, -0.2) is 16.2 Å². The van der Waals surface area contributed by atoms with Crippen LogP contribution in [0.15, 0.2) is 54.6 Å². The second-order valence-electron chi connectivity index (χ2n) is 4.39. The number of aliphatic carboxylic acids is 1. The van der Waals surface area contributed by atoms with Gasteiger partial charge in [0, 0.05) is 6.08 Å². The lowest BCUT2D eigenvalue weighted by molar-refractivity contribution is -0.131. The minimum absolute atomic E-state index is 0.475. The molecule has 0 aliphatic heterocycles. The summed E-state index contributed by atoms with van der Waals surface area (Å²) >= 11 is 11.9. The number of carboxylic acid groups (broad SMARTS) is 1. The van der Waals surface area contributed by atoms with E-state index in [0.29, 0.717) is 15.6 Å². The van der Waals surface area contributed by atoms with Crippen LogP contribution in [0.25, 0.3) is 11.1 Å². The predicted octanol–water partition coefficient (Wildman–Crippen LogP) is 4.33. The molecule has 0 bridgehead atoms. The van der Waals surface area contributed by atoms with Gasteiger partial charge < -0.3 is 10.2 Å². The van der Waals surface area contributed by atoms with Gasteiger partial charge in [-0.2, -0.15) is 0 Å². The second-order valence-corrected chi connectivity index (χ2v) is 5.21. The molecule has 0 amide bonds. The third-order valence-electron chi connectivity index (χ3n) is 2.93. The van der Waals surface area contributed by atoms with Gasteiger partial charge in [-0.25, -0.2) is 4.79 Å². The van der Waals surface area contributed by atoms with Gasteiger partial charge in [-0.1, -0.05) is 53.5 Å². The highest BCUT2D eigenvalue weighted by molar-refractivity contribution is 6.42. The Morgan fingerprint density at radius 3 is 2.19 bits per heavy atom. The zero-order valence-electron chi connectivity index (χ0n) is 10.8. The van der Waals surface area contributed by atoms with Crippen molar-refractivity contribution in [2.75, 3.05) is 0 Å². The van der Waals surface area contributed by atoms with E-state index in [1.165, 1.54) is 6.08 Å². The number of hydrogen-bond acceptors (Lipinski definition) is 2. The highest BCUT2D eigenvalue weighted by atomic mass is 35.5. The monoisotopic (exact) mass is 322 g/mol. The number of aliphatic hydroxyl groups excluding tert-OH is 1. The lowest BCUT2D eigenvalue weighted by atomic mass is 10.0. The standard InChI is InChI=1S/C16H12Cl2O3/c17-13-6-5-12(9-14(13)18)10-1-3-11(4-2-10)15(19)7-8-16(20)21/h1-9,15,19H,(H,20,21)/b8-7+. The molecule has 0 aromatic heterocycles. The summed E-state index contributed by atoms with van der Waals surface area (Å²) in [7, 11) is 0. The van der Waals surface area contributed by atoms with Crippen LogP contribution >= 0.6 is 23.2 Å². The van der Waals surface area contributed by atoms with E-state index in [1.807, 2.05) is 18.2 Å². The molecular weight excluding hydrogens is 311 g/mol. The zero-order valence-corrected chi connectivity index (χ0v) is 12.3. The SMILES string of the molecule is O=C(O)/C=C/C(O)c1ccc(-c2ccc(Cl)c(Cl)c2)cc1. The summed E-state index contributed by atoms with van der Waals surface area (Å²) < 4.78 is 0. The Morgan fingerprint density at radius 1 is 1.00 bits per heavy atom. The van der Waals surface area contributed by atoms with Gasteiger partial charge in [0.1, 0.15) is 0 Å². The van der Waals surface area contributed by atoms with Crippen LogP contribution in [0.5, 0.6) is 0 Å². The molecule has 3 nitrogen and oxygen atoms in total. The number of halogens is 2. The summed E-state index contributed by atoms with van der Waals surface area (Å²) in [6.45, 7) is 0. The Bertz CT molecular complexity index is 678. The van der Waals surface area contributed by atoms with E-state index in [9.17, 15) is 9.90 Å². The number of carbonyl (C=O) groups is 1. The normalized spacial score (nSPS) is 12.5. The highest BCUT2D eigenvalue weighted by Crippen LogP contribution is 2.29. The molecule has 2 rings (SSSR count). The number of rotatable bonds is 4. The van der Waals surface area contributed by atoms with Gasteiger partial charge >= 0.3 is 5.97 Å². The smallest absolute Gasteiger partial charge is 0.328 e. The number of carboxylic acids is 1. The maximum absolute atomic E-state index is 10.4. The molecule has 0 radical (unpaired) electrons. The molecule has 5 heteroatoms. The predicted molar refractivity (Wildman–Crippen MR) is 83.6 cm³/mol. The van der Waals surface area contributed by atoms with Crippen molar-refractivity contribution in [3.05, 3.63) is 70.2 Å². The summed E-state index contributed by atoms with van der Waals surface area (Å²) in [5.41, 5.74) is 2.44. The maximum atomic E-state index is 10.4. The van der Waals surface area contributed by atoms with Crippen molar-refractivity contribution in [1.29, 1.82) is 0 Å². The van der Waals surface area contributed by atoms with Crippen molar-refractivity contribution in [3.8, 4) is 11.1 Å². The molecule has 0 heterocycles. The van der Waals surface area contributed by atoms with E-state index < -0.39 is 12.1 Å². The number of hydrogen-bond donors (Lipinski definition) is 2. The van der Waals surface area contributed by atoms with Crippen molar-refractivity contribution in [3.63, 3.8) is 0 Å². The van der Waals surface area contributed by atoms with Crippen LogP contribution in [0, 0.1) is 0 Å². The fraction of sp³-hybridized carbons (Fsp3) is 0.0625. The van der Waals surface area contributed by atoms with Crippen LogP contribution in [0.3, 0.4) is 0 Å². The molecule has 1 unspecified atom stereocenters. The molecule has 0 aliphatic carbocycles. The average molecular weight is 323 g/mol. The third kappa shape index (κ3) is 4.08. The molecule has 0 spiro atoms. The Labute approximate surface area is 132 Å². The van der Waals surface area contributed by atoms with Crippen LogP contribution in [0.4, 0.5) is 0 Å². The molecule has 1 atom stereocenters. The van der Waals surface area contributed by atoms with Gasteiger partial charge in [-0.05, 0) is 34.9 Å². The van der Waals surface area contributed by atoms with Gasteiger partial charge in [0.05, 0.1) is 16.1 Å². The largest absolute Gasteiger partial charge is 0.478 e. The molecule has 0 aliphatic rings. The summed E-state index contributed by atoms with van der Waals surface area (Å²) in [5, 5.41) is 19.3. The topological polar surface area (TPSA) is 57.5 Å². The highest BCUT2D eigenvalue weighted by Gasteiger charge is 2.06. The number of benzene rings is 2. The molecule has 21 heavy (non-hydrogen) atoms. The third-order valence-corrected chi connectivity index (χ3v) is 3.67.